The number of hydrogen-bond donors (Lipinski definition) is 1. The fourth-order valence-electron chi connectivity index (χ4n) is 4.13. The zero-order valence-electron chi connectivity index (χ0n) is 11.4. The highest BCUT2D eigenvalue weighted by Gasteiger charge is 2.46. The van der Waals surface area contributed by atoms with Gasteiger partial charge in [0.25, 0.3) is 0 Å². The van der Waals surface area contributed by atoms with Gasteiger partial charge in [0.1, 0.15) is 0 Å². The van der Waals surface area contributed by atoms with Crippen LogP contribution in [0.1, 0.15) is 51.4 Å². The molecule has 2 aliphatic heterocycles. The van der Waals surface area contributed by atoms with E-state index >= 15 is 0 Å². The van der Waals surface area contributed by atoms with E-state index < -0.39 is 0 Å². The Hall–Kier alpha value is -0.540. The second-order valence-corrected chi connectivity index (χ2v) is 6.15. The first-order chi connectivity index (χ1) is 8.83. The molecule has 3 nitrogen and oxygen atoms in total. The van der Waals surface area contributed by atoms with Crippen LogP contribution in [0, 0.1) is 0 Å². The van der Waals surface area contributed by atoms with Crippen molar-refractivity contribution in [3.63, 3.8) is 0 Å². The lowest BCUT2D eigenvalue weighted by atomic mass is 9.81. The molecule has 0 aromatic rings. The molecule has 1 saturated heterocycles. The Bertz CT molecular complexity index is 314. The zero-order valence-corrected chi connectivity index (χ0v) is 11.4. The molecule has 3 rings (SSSR count). The number of hydrogen-bond acceptors (Lipinski definition) is 3. The minimum absolute atomic E-state index is 0.193. The molecule has 102 valence electrons. The molecule has 18 heavy (non-hydrogen) atoms. The summed E-state index contributed by atoms with van der Waals surface area (Å²) in [6.45, 7) is 3.37. The van der Waals surface area contributed by atoms with E-state index in [2.05, 4.69) is 4.90 Å². The van der Waals surface area contributed by atoms with E-state index in [-0.39, 0.29) is 11.6 Å². The molecular formula is C15H26N2O. The van der Waals surface area contributed by atoms with Crippen LogP contribution in [0.15, 0.2) is 11.8 Å². The SMILES string of the molecule is NC(C1=COCCC1)C1(N2CCCC2)CCCC1. The molecule has 3 heteroatoms. The van der Waals surface area contributed by atoms with Crippen molar-refractivity contribution in [2.24, 2.45) is 5.73 Å². The van der Waals surface area contributed by atoms with E-state index in [1.165, 1.54) is 57.2 Å². The molecule has 0 spiro atoms. The van der Waals surface area contributed by atoms with E-state index in [0.29, 0.717) is 0 Å². The van der Waals surface area contributed by atoms with Crippen molar-refractivity contribution >= 4 is 0 Å². The summed E-state index contributed by atoms with van der Waals surface area (Å²) in [5.74, 6) is 0. The summed E-state index contributed by atoms with van der Waals surface area (Å²) in [5.41, 5.74) is 8.29. The molecule has 2 fully saturated rings. The van der Waals surface area contributed by atoms with Crippen molar-refractivity contribution in [1.82, 2.24) is 4.90 Å². The largest absolute Gasteiger partial charge is 0.501 e. The lowest BCUT2D eigenvalue weighted by Crippen LogP contribution is -2.58. The van der Waals surface area contributed by atoms with Crippen molar-refractivity contribution in [3.05, 3.63) is 11.8 Å². The van der Waals surface area contributed by atoms with Crippen LogP contribution in [0.2, 0.25) is 0 Å². The third kappa shape index (κ3) is 2.08. The Kier molecular flexibility index (Phi) is 3.62. The van der Waals surface area contributed by atoms with Crippen LogP contribution < -0.4 is 5.73 Å². The lowest BCUT2D eigenvalue weighted by molar-refractivity contribution is 0.0977. The zero-order chi connectivity index (χ0) is 12.4. The topological polar surface area (TPSA) is 38.5 Å². The van der Waals surface area contributed by atoms with Gasteiger partial charge in [-0.3, -0.25) is 4.90 Å². The second-order valence-electron chi connectivity index (χ2n) is 6.15. The predicted octanol–water partition coefficient (Wildman–Crippen LogP) is 2.42. The van der Waals surface area contributed by atoms with E-state index in [1.807, 2.05) is 6.26 Å². The summed E-state index contributed by atoms with van der Waals surface area (Å²) in [5, 5.41) is 0. The molecule has 2 heterocycles. The minimum atomic E-state index is 0.193. The highest BCUT2D eigenvalue weighted by atomic mass is 16.5. The molecule has 0 bridgehead atoms. The molecule has 1 atom stereocenters. The smallest absolute Gasteiger partial charge is 0.0876 e. The first-order valence-electron chi connectivity index (χ1n) is 7.64. The maximum absolute atomic E-state index is 6.68. The number of nitrogens with zero attached hydrogens (tertiary/aromatic N) is 1. The Balaban J connectivity index is 1.81. The second kappa shape index (κ2) is 5.22. The molecule has 0 aromatic heterocycles. The van der Waals surface area contributed by atoms with Crippen LogP contribution in [0.25, 0.3) is 0 Å². The Morgan fingerprint density at radius 2 is 1.83 bits per heavy atom. The first-order valence-corrected chi connectivity index (χ1v) is 7.64. The maximum atomic E-state index is 6.68. The third-order valence-electron chi connectivity index (χ3n) is 5.15. The van der Waals surface area contributed by atoms with Crippen LogP contribution >= 0.6 is 0 Å². The number of ether oxygens (including phenoxy) is 1. The van der Waals surface area contributed by atoms with Gasteiger partial charge in [0, 0.05) is 11.6 Å². The highest BCUT2D eigenvalue weighted by molar-refractivity contribution is 5.20. The predicted molar refractivity (Wildman–Crippen MR) is 73.3 cm³/mol. The van der Waals surface area contributed by atoms with Gasteiger partial charge in [-0.2, -0.15) is 0 Å². The maximum Gasteiger partial charge on any atom is 0.0876 e. The van der Waals surface area contributed by atoms with Crippen LogP contribution in [-0.2, 0) is 4.74 Å². The molecule has 0 amide bonds. The van der Waals surface area contributed by atoms with E-state index in [4.69, 9.17) is 10.5 Å². The molecule has 2 N–H and O–H groups in total. The summed E-state index contributed by atoms with van der Waals surface area (Å²) in [6, 6.07) is 0.193. The summed E-state index contributed by atoms with van der Waals surface area (Å²) >= 11 is 0. The minimum Gasteiger partial charge on any atom is -0.501 e. The average molecular weight is 250 g/mol. The third-order valence-corrected chi connectivity index (χ3v) is 5.15. The van der Waals surface area contributed by atoms with Gasteiger partial charge in [0.15, 0.2) is 0 Å². The molecule has 0 aromatic carbocycles. The molecular weight excluding hydrogens is 224 g/mol. The summed E-state index contributed by atoms with van der Waals surface area (Å²) in [7, 11) is 0. The Morgan fingerprint density at radius 1 is 1.11 bits per heavy atom. The van der Waals surface area contributed by atoms with Crippen molar-refractivity contribution < 1.29 is 4.74 Å². The first kappa shape index (κ1) is 12.5. The van der Waals surface area contributed by atoms with E-state index in [1.54, 1.807) is 0 Å². The van der Waals surface area contributed by atoms with Gasteiger partial charge >= 0.3 is 0 Å². The van der Waals surface area contributed by atoms with Gasteiger partial charge in [0.05, 0.1) is 12.9 Å². The van der Waals surface area contributed by atoms with Crippen molar-refractivity contribution in [2.75, 3.05) is 19.7 Å². The Labute approximate surface area is 110 Å². The fraction of sp³-hybridized carbons (Fsp3) is 0.867. The van der Waals surface area contributed by atoms with Crippen molar-refractivity contribution in [3.8, 4) is 0 Å². The van der Waals surface area contributed by atoms with E-state index in [9.17, 15) is 0 Å². The van der Waals surface area contributed by atoms with Crippen LogP contribution in [0.3, 0.4) is 0 Å². The van der Waals surface area contributed by atoms with Gasteiger partial charge in [-0.1, -0.05) is 12.8 Å². The van der Waals surface area contributed by atoms with Gasteiger partial charge in [-0.05, 0) is 57.2 Å². The van der Waals surface area contributed by atoms with Crippen LogP contribution in [-0.4, -0.2) is 36.2 Å². The standard InChI is InChI=1S/C15H26N2O/c16-14(13-6-5-11-18-12-13)15(7-1-2-8-15)17-9-3-4-10-17/h12,14H,1-11,16H2. The molecule has 1 aliphatic carbocycles. The number of nitrogens with two attached hydrogens (primary N) is 1. The van der Waals surface area contributed by atoms with Gasteiger partial charge in [-0.25, -0.2) is 0 Å². The average Bonchev–Trinajstić information content (AvgIpc) is 3.10. The normalized spacial score (nSPS) is 29.9. The lowest BCUT2D eigenvalue weighted by Gasteiger charge is -2.44. The van der Waals surface area contributed by atoms with Gasteiger partial charge in [-0.15, -0.1) is 0 Å². The Morgan fingerprint density at radius 3 is 2.44 bits per heavy atom. The van der Waals surface area contributed by atoms with E-state index in [0.717, 1.165) is 19.4 Å². The molecule has 1 saturated carbocycles. The monoisotopic (exact) mass is 250 g/mol. The van der Waals surface area contributed by atoms with Crippen molar-refractivity contribution in [2.45, 2.75) is 62.9 Å². The fourth-order valence-corrected chi connectivity index (χ4v) is 4.13. The van der Waals surface area contributed by atoms with Crippen LogP contribution in [0.5, 0.6) is 0 Å². The van der Waals surface area contributed by atoms with Gasteiger partial charge in [0.2, 0.25) is 0 Å². The summed E-state index contributed by atoms with van der Waals surface area (Å²) < 4.78 is 5.51. The molecule has 1 unspecified atom stereocenters. The number of rotatable bonds is 3. The van der Waals surface area contributed by atoms with Gasteiger partial charge < -0.3 is 10.5 Å². The molecule has 3 aliphatic rings. The quantitative estimate of drug-likeness (QED) is 0.836. The summed E-state index contributed by atoms with van der Waals surface area (Å²) in [6.07, 6.45) is 12.2. The summed E-state index contributed by atoms with van der Waals surface area (Å²) in [4.78, 5) is 2.69. The van der Waals surface area contributed by atoms with Crippen molar-refractivity contribution in [1.29, 1.82) is 0 Å². The van der Waals surface area contributed by atoms with Crippen LogP contribution in [0.4, 0.5) is 0 Å². The highest BCUT2D eigenvalue weighted by Crippen LogP contribution is 2.42. The number of likely N-dealkylation sites (tertiary alicyclic amines) is 1. The molecule has 0 radical (unpaired) electrons.